The molecule has 2 heterocycles. The Balaban J connectivity index is 2.41. The van der Waals surface area contributed by atoms with E-state index in [1.807, 2.05) is 17.5 Å². The van der Waals surface area contributed by atoms with Gasteiger partial charge in [-0.1, -0.05) is 0 Å². The number of hydrogen-bond acceptors (Lipinski definition) is 2. The molecule has 4 heteroatoms. The van der Waals surface area contributed by atoms with Crippen LogP contribution in [0.3, 0.4) is 0 Å². The Bertz CT molecular complexity index is 846. The molecule has 0 bridgehead atoms. The summed E-state index contributed by atoms with van der Waals surface area (Å²) in [6.07, 6.45) is 2.96. The van der Waals surface area contributed by atoms with Crippen LogP contribution < -0.4 is 4.40 Å². The fourth-order valence-electron chi connectivity index (χ4n) is 3.10. The average Bonchev–Trinajstić information content (AvgIpc) is 2.78. The molecule has 0 unspecified atom stereocenters. The van der Waals surface area contributed by atoms with Crippen LogP contribution in [0.1, 0.15) is 19.4 Å². The van der Waals surface area contributed by atoms with Crippen molar-refractivity contribution >= 4 is 60.8 Å². The maximum absolute atomic E-state index is 6.33. The Morgan fingerprint density at radius 2 is 1.77 bits per heavy atom. The Hall–Kier alpha value is -0.577. The van der Waals surface area contributed by atoms with Crippen molar-refractivity contribution in [1.29, 1.82) is 0 Å². The Kier molecular flexibility index (Phi) is 4.30. The Labute approximate surface area is 144 Å². The van der Waals surface area contributed by atoms with E-state index in [0.717, 1.165) is 11.1 Å². The molecular weight excluding hydrogens is 370 g/mol. The Morgan fingerprint density at radius 3 is 2.41 bits per heavy atom. The number of benzene rings is 1. The summed E-state index contributed by atoms with van der Waals surface area (Å²) in [6, 6.07) is 6.79. The first-order valence-corrected chi connectivity index (χ1v) is 16.3. The SMILES string of the molecule is CC(C)Cc1[c]([Ge]([CH3])([CH3])[CH3])ccc2c1sc1c(Cl)nccc12. The van der Waals surface area contributed by atoms with Gasteiger partial charge < -0.3 is 0 Å². The minimum absolute atomic E-state index is 0.632. The summed E-state index contributed by atoms with van der Waals surface area (Å²) in [6.45, 7) is 4.61. The van der Waals surface area contributed by atoms with Crippen LogP contribution >= 0.6 is 22.9 Å². The van der Waals surface area contributed by atoms with Gasteiger partial charge in [-0.15, -0.1) is 0 Å². The van der Waals surface area contributed by atoms with Gasteiger partial charge in [0.2, 0.25) is 0 Å². The molecule has 2 aromatic heterocycles. The Morgan fingerprint density at radius 1 is 1.09 bits per heavy atom. The molecule has 0 atom stereocenters. The van der Waals surface area contributed by atoms with Gasteiger partial charge in [-0.05, 0) is 0 Å². The molecule has 0 amide bonds. The third-order valence-corrected chi connectivity index (χ3v) is 10.1. The van der Waals surface area contributed by atoms with Gasteiger partial charge in [-0.3, -0.25) is 0 Å². The molecule has 0 fully saturated rings. The zero-order chi connectivity index (χ0) is 16.1. The van der Waals surface area contributed by atoms with Gasteiger partial charge in [0, 0.05) is 0 Å². The van der Waals surface area contributed by atoms with E-state index >= 15 is 0 Å². The van der Waals surface area contributed by atoms with Crippen LogP contribution in [0.15, 0.2) is 24.4 Å². The van der Waals surface area contributed by atoms with Gasteiger partial charge in [-0.25, -0.2) is 0 Å². The van der Waals surface area contributed by atoms with Crippen molar-refractivity contribution < 1.29 is 0 Å². The van der Waals surface area contributed by atoms with E-state index < -0.39 is 13.3 Å². The van der Waals surface area contributed by atoms with E-state index in [1.54, 1.807) is 9.96 Å². The van der Waals surface area contributed by atoms with E-state index in [9.17, 15) is 0 Å². The summed E-state index contributed by atoms with van der Waals surface area (Å²) in [5.74, 6) is 8.10. The van der Waals surface area contributed by atoms with Crippen molar-refractivity contribution in [2.24, 2.45) is 5.92 Å². The fraction of sp³-hybridized carbons (Fsp3) is 0.389. The zero-order valence-electron chi connectivity index (χ0n) is 13.8. The molecule has 0 spiro atoms. The molecule has 0 N–H and O–H groups in total. The third-order valence-electron chi connectivity index (χ3n) is 4.04. The van der Waals surface area contributed by atoms with E-state index in [2.05, 4.69) is 54.3 Å². The minimum atomic E-state index is -1.90. The van der Waals surface area contributed by atoms with Crippen LogP contribution in [0.25, 0.3) is 20.2 Å². The summed E-state index contributed by atoms with van der Waals surface area (Å²) in [5, 5.41) is 3.22. The summed E-state index contributed by atoms with van der Waals surface area (Å²) in [5.41, 5.74) is 1.57. The van der Waals surface area contributed by atoms with Crippen LogP contribution in [0, 0.1) is 5.92 Å². The molecule has 0 aliphatic rings. The standard InChI is InChI=1S/C18H22ClGeNS/c1-11(2)10-14-15(20(3,4)5)7-6-12-13-8-9-21-18(19)17(13)22-16(12)14/h6-9,11H,10H2,1-5H3. The molecule has 0 saturated carbocycles. The molecule has 3 rings (SSSR count). The molecule has 0 saturated heterocycles. The van der Waals surface area contributed by atoms with Gasteiger partial charge in [0.1, 0.15) is 0 Å². The van der Waals surface area contributed by atoms with Crippen molar-refractivity contribution in [3.8, 4) is 0 Å². The zero-order valence-corrected chi connectivity index (χ0v) is 17.5. The second-order valence-electron chi connectivity index (χ2n) is 7.40. The van der Waals surface area contributed by atoms with Gasteiger partial charge in [-0.2, -0.15) is 0 Å². The van der Waals surface area contributed by atoms with Gasteiger partial charge in [0.15, 0.2) is 0 Å². The molecule has 0 aliphatic carbocycles. The first kappa shape index (κ1) is 16.3. The second-order valence-corrected chi connectivity index (χ2v) is 19.3. The molecule has 0 aliphatic heterocycles. The van der Waals surface area contributed by atoms with Crippen molar-refractivity contribution in [3.63, 3.8) is 0 Å². The first-order valence-electron chi connectivity index (χ1n) is 7.78. The fourth-order valence-corrected chi connectivity index (χ4v) is 8.40. The number of thiophene rings is 1. The van der Waals surface area contributed by atoms with E-state index in [0.29, 0.717) is 11.1 Å². The van der Waals surface area contributed by atoms with Crippen molar-refractivity contribution in [3.05, 3.63) is 35.1 Å². The average molecular weight is 393 g/mol. The monoisotopic (exact) mass is 393 g/mol. The van der Waals surface area contributed by atoms with Crippen LogP contribution in [-0.4, -0.2) is 18.3 Å². The number of hydrogen-bond donors (Lipinski definition) is 0. The number of fused-ring (bicyclic) bond motifs is 3. The van der Waals surface area contributed by atoms with Crippen LogP contribution in [0.5, 0.6) is 0 Å². The normalized spacial score (nSPS) is 12.7. The molecule has 0 radical (unpaired) electrons. The molecule has 3 aromatic rings. The van der Waals surface area contributed by atoms with Crippen LogP contribution in [0.2, 0.25) is 22.4 Å². The number of halogens is 1. The second kappa shape index (κ2) is 5.81. The summed E-state index contributed by atoms with van der Waals surface area (Å²) in [4.78, 5) is 4.25. The maximum atomic E-state index is 6.33. The molecule has 22 heavy (non-hydrogen) atoms. The quantitative estimate of drug-likeness (QED) is 0.403. The molecule has 116 valence electrons. The first-order chi connectivity index (χ1) is 10.3. The van der Waals surface area contributed by atoms with Gasteiger partial charge in [0.05, 0.1) is 0 Å². The van der Waals surface area contributed by atoms with Gasteiger partial charge in [0.25, 0.3) is 0 Å². The van der Waals surface area contributed by atoms with E-state index in [-0.39, 0.29) is 0 Å². The summed E-state index contributed by atoms with van der Waals surface area (Å²) >= 11 is 6.25. The molecule has 1 nitrogen and oxygen atoms in total. The topological polar surface area (TPSA) is 12.9 Å². The van der Waals surface area contributed by atoms with E-state index in [1.165, 1.54) is 15.5 Å². The number of rotatable bonds is 3. The number of pyridine rings is 1. The molecular formula is C18H22ClGeNS. The predicted octanol–water partition coefficient (Wildman–Crippen LogP) is 5.85. The third kappa shape index (κ3) is 2.81. The number of aromatic nitrogens is 1. The number of nitrogens with zero attached hydrogens (tertiary/aromatic N) is 1. The van der Waals surface area contributed by atoms with Crippen molar-refractivity contribution in [1.82, 2.24) is 4.98 Å². The predicted molar refractivity (Wildman–Crippen MR) is 104 cm³/mol. The van der Waals surface area contributed by atoms with Gasteiger partial charge >= 0.3 is 144 Å². The summed E-state index contributed by atoms with van der Waals surface area (Å²) < 4.78 is 4.19. The van der Waals surface area contributed by atoms with Crippen LogP contribution in [-0.2, 0) is 6.42 Å². The summed E-state index contributed by atoms with van der Waals surface area (Å²) in [7, 11) is 0. The molecule has 1 aromatic carbocycles. The van der Waals surface area contributed by atoms with E-state index in [4.69, 9.17) is 11.6 Å². The van der Waals surface area contributed by atoms with Crippen molar-refractivity contribution in [2.75, 3.05) is 0 Å². The van der Waals surface area contributed by atoms with Crippen molar-refractivity contribution in [2.45, 2.75) is 37.5 Å². The van der Waals surface area contributed by atoms with Crippen LogP contribution in [0.4, 0.5) is 0 Å².